The molecule has 0 fully saturated rings. The zero-order chi connectivity index (χ0) is 15.9. The molecular formula is C17H18FNO3. The first-order valence-corrected chi connectivity index (χ1v) is 6.92. The minimum absolute atomic E-state index is 0.246. The van der Waals surface area contributed by atoms with E-state index in [4.69, 9.17) is 9.47 Å². The molecule has 0 aromatic heterocycles. The SMILES string of the molecule is COc1ccccc1OC(C)C(=O)NCc1cccc(F)c1. The van der Waals surface area contributed by atoms with Crippen LogP contribution in [0.1, 0.15) is 12.5 Å². The van der Waals surface area contributed by atoms with E-state index in [1.807, 2.05) is 6.07 Å². The molecular weight excluding hydrogens is 285 g/mol. The predicted molar refractivity (Wildman–Crippen MR) is 81.3 cm³/mol. The number of carbonyl (C=O) groups excluding carboxylic acids is 1. The molecule has 2 rings (SSSR count). The number of hydrogen-bond acceptors (Lipinski definition) is 3. The molecule has 0 aliphatic carbocycles. The lowest BCUT2D eigenvalue weighted by Gasteiger charge is -2.16. The van der Waals surface area contributed by atoms with Gasteiger partial charge in [0.2, 0.25) is 0 Å². The summed E-state index contributed by atoms with van der Waals surface area (Å²) in [7, 11) is 1.54. The summed E-state index contributed by atoms with van der Waals surface area (Å²) in [6.45, 7) is 1.89. The van der Waals surface area contributed by atoms with Crippen LogP contribution in [0.5, 0.6) is 11.5 Å². The Morgan fingerprint density at radius 1 is 1.18 bits per heavy atom. The summed E-state index contributed by atoms with van der Waals surface area (Å²) < 4.78 is 23.8. The van der Waals surface area contributed by atoms with Gasteiger partial charge in [-0.05, 0) is 36.8 Å². The minimum Gasteiger partial charge on any atom is -0.493 e. The van der Waals surface area contributed by atoms with Crippen LogP contribution in [0.2, 0.25) is 0 Å². The molecule has 0 bridgehead atoms. The Balaban J connectivity index is 1.92. The van der Waals surface area contributed by atoms with Crippen molar-refractivity contribution in [3.63, 3.8) is 0 Å². The second-order valence-corrected chi connectivity index (χ2v) is 4.76. The summed E-state index contributed by atoms with van der Waals surface area (Å²) in [4.78, 5) is 12.0. The lowest BCUT2D eigenvalue weighted by Crippen LogP contribution is -2.36. The van der Waals surface area contributed by atoms with E-state index >= 15 is 0 Å². The van der Waals surface area contributed by atoms with Crippen molar-refractivity contribution in [1.82, 2.24) is 5.32 Å². The second-order valence-electron chi connectivity index (χ2n) is 4.76. The summed E-state index contributed by atoms with van der Waals surface area (Å²) in [5.41, 5.74) is 0.692. The monoisotopic (exact) mass is 303 g/mol. The van der Waals surface area contributed by atoms with Crippen molar-refractivity contribution in [2.45, 2.75) is 19.6 Å². The molecule has 0 saturated carbocycles. The Morgan fingerprint density at radius 3 is 2.59 bits per heavy atom. The molecule has 1 unspecified atom stereocenters. The van der Waals surface area contributed by atoms with E-state index in [9.17, 15) is 9.18 Å². The van der Waals surface area contributed by atoms with Crippen molar-refractivity contribution >= 4 is 5.91 Å². The van der Waals surface area contributed by atoms with Gasteiger partial charge in [0.05, 0.1) is 7.11 Å². The van der Waals surface area contributed by atoms with Crippen molar-refractivity contribution in [2.75, 3.05) is 7.11 Å². The molecule has 116 valence electrons. The maximum Gasteiger partial charge on any atom is 0.261 e. The molecule has 0 aliphatic heterocycles. The van der Waals surface area contributed by atoms with E-state index in [-0.39, 0.29) is 18.3 Å². The number of benzene rings is 2. The van der Waals surface area contributed by atoms with E-state index < -0.39 is 6.10 Å². The van der Waals surface area contributed by atoms with Crippen LogP contribution in [0.3, 0.4) is 0 Å². The predicted octanol–water partition coefficient (Wildman–Crippen LogP) is 2.92. The van der Waals surface area contributed by atoms with Crippen LogP contribution in [0.4, 0.5) is 4.39 Å². The molecule has 2 aromatic rings. The Hall–Kier alpha value is -2.56. The number of carbonyl (C=O) groups is 1. The molecule has 1 N–H and O–H groups in total. The number of ether oxygens (including phenoxy) is 2. The van der Waals surface area contributed by atoms with Crippen molar-refractivity contribution in [1.29, 1.82) is 0 Å². The van der Waals surface area contributed by atoms with E-state index in [0.29, 0.717) is 17.1 Å². The maximum absolute atomic E-state index is 13.1. The highest BCUT2D eigenvalue weighted by molar-refractivity contribution is 5.80. The van der Waals surface area contributed by atoms with Crippen molar-refractivity contribution in [3.05, 3.63) is 59.9 Å². The van der Waals surface area contributed by atoms with Gasteiger partial charge < -0.3 is 14.8 Å². The van der Waals surface area contributed by atoms with Crippen LogP contribution < -0.4 is 14.8 Å². The van der Waals surface area contributed by atoms with Gasteiger partial charge in [-0.15, -0.1) is 0 Å². The number of nitrogens with one attached hydrogen (secondary N) is 1. The second kappa shape index (κ2) is 7.45. The van der Waals surface area contributed by atoms with Crippen LogP contribution in [-0.4, -0.2) is 19.1 Å². The topological polar surface area (TPSA) is 47.6 Å². The fourth-order valence-corrected chi connectivity index (χ4v) is 1.94. The number of hydrogen-bond donors (Lipinski definition) is 1. The highest BCUT2D eigenvalue weighted by Gasteiger charge is 2.16. The van der Waals surface area contributed by atoms with Gasteiger partial charge in [-0.2, -0.15) is 0 Å². The lowest BCUT2D eigenvalue weighted by atomic mass is 10.2. The van der Waals surface area contributed by atoms with Gasteiger partial charge in [0, 0.05) is 6.54 Å². The summed E-state index contributed by atoms with van der Waals surface area (Å²) in [6.07, 6.45) is -0.690. The molecule has 1 atom stereocenters. The first-order valence-electron chi connectivity index (χ1n) is 6.92. The third kappa shape index (κ3) is 4.22. The Morgan fingerprint density at radius 2 is 1.91 bits per heavy atom. The summed E-state index contributed by atoms with van der Waals surface area (Å²) >= 11 is 0. The van der Waals surface area contributed by atoms with Gasteiger partial charge in [-0.25, -0.2) is 4.39 Å². The number of rotatable bonds is 6. The van der Waals surface area contributed by atoms with Gasteiger partial charge in [0.1, 0.15) is 5.82 Å². The standard InChI is InChI=1S/C17H18FNO3/c1-12(22-16-9-4-3-8-15(16)21-2)17(20)19-11-13-6-5-7-14(18)10-13/h3-10,12H,11H2,1-2H3,(H,19,20). The lowest BCUT2D eigenvalue weighted by molar-refractivity contribution is -0.127. The van der Waals surface area contributed by atoms with Crippen LogP contribution in [-0.2, 0) is 11.3 Å². The molecule has 0 radical (unpaired) electrons. The molecule has 0 aliphatic rings. The highest BCUT2D eigenvalue weighted by Crippen LogP contribution is 2.26. The normalized spacial score (nSPS) is 11.6. The average Bonchev–Trinajstić information content (AvgIpc) is 2.53. The molecule has 1 amide bonds. The summed E-state index contributed by atoms with van der Waals surface area (Å²) in [5.74, 6) is 0.450. The number of halogens is 1. The molecule has 2 aromatic carbocycles. The van der Waals surface area contributed by atoms with Gasteiger partial charge in [0.25, 0.3) is 5.91 Å². The third-order valence-electron chi connectivity index (χ3n) is 3.10. The van der Waals surface area contributed by atoms with Crippen molar-refractivity contribution in [3.8, 4) is 11.5 Å². The number of para-hydroxylation sites is 2. The molecule has 5 heteroatoms. The molecule has 0 saturated heterocycles. The van der Waals surface area contributed by atoms with Crippen LogP contribution >= 0.6 is 0 Å². The van der Waals surface area contributed by atoms with E-state index in [2.05, 4.69) is 5.32 Å². The van der Waals surface area contributed by atoms with Crippen LogP contribution in [0, 0.1) is 5.82 Å². The fourth-order valence-electron chi connectivity index (χ4n) is 1.94. The maximum atomic E-state index is 13.1. The van der Waals surface area contributed by atoms with Gasteiger partial charge >= 0.3 is 0 Å². The van der Waals surface area contributed by atoms with E-state index in [1.165, 1.54) is 19.2 Å². The van der Waals surface area contributed by atoms with Gasteiger partial charge in [0.15, 0.2) is 17.6 Å². The van der Waals surface area contributed by atoms with E-state index in [0.717, 1.165) is 0 Å². The summed E-state index contributed by atoms with van der Waals surface area (Å²) in [5, 5.41) is 2.71. The van der Waals surface area contributed by atoms with Gasteiger partial charge in [-0.3, -0.25) is 4.79 Å². The Kier molecular flexibility index (Phi) is 5.36. The molecule has 22 heavy (non-hydrogen) atoms. The molecule has 0 spiro atoms. The minimum atomic E-state index is -0.690. The zero-order valence-corrected chi connectivity index (χ0v) is 12.5. The molecule has 0 heterocycles. The third-order valence-corrected chi connectivity index (χ3v) is 3.10. The van der Waals surface area contributed by atoms with Crippen LogP contribution in [0.15, 0.2) is 48.5 Å². The number of methoxy groups -OCH3 is 1. The molecule has 4 nitrogen and oxygen atoms in total. The highest BCUT2D eigenvalue weighted by atomic mass is 19.1. The van der Waals surface area contributed by atoms with E-state index in [1.54, 1.807) is 37.3 Å². The largest absolute Gasteiger partial charge is 0.493 e. The van der Waals surface area contributed by atoms with Gasteiger partial charge in [-0.1, -0.05) is 24.3 Å². The van der Waals surface area contributed by atoms with Crippen molar-refractivity contribution in [2.24, 2.45) is 0 Å². The fraction of sp³-hybridized carbons (Fsp3) is 0.235. The smallest absolute Gasteiger partial charge is 0.261 e. The average molecular weight is 303 g/mol. The Bertz CT molecular complexity index is 645. The van der Waals surface area contributed by atoms with Crippen molar-refractivity contribution < 1.29 is 18.7 Å². The number of amides is 1. The zero-order valence-electron chi connectivity index (χ0n) is 12.5. The quantitative estimate of drug-likeness (QED) is 0.892. The van der Waals surface area contributed by atoms with Crippen LogP contribution in [0.25, 0.3) is 0 Å². The Labute approximate surface area is 128 Å². The first kappa shape index (κ1) is 15.8. The summed E-state index contributed by atoms with van der Waals surface area (Å²) in [6, 6.07) is 13.2. The first-order chi connectivity index (χ1) is 10.6.